The average molecular weight is 317 g/mol. The Balaban J connectivity index is 1.91. The first kappa shape index (κ1) is 14.3. The standard InChI is InChI=1S/C15H18Cl2O3/c1-9-3-6-20-15(9)14(17)10-7-12-13(8-11(10)16)19-5-2-4-18-12/h7-9,14-15H,2-6H2,1H3. The van der Waals surface area contributed by atoms with E-state index < -0.39 is 0 Å². The summed E-state index contributed by atoms with van der Waals surface area (Å²) in [6.07, 6.45) is 1.91. The van der Waals surface area contributed by atoms with E-state index in [-0.39, 0.29) is 11.5 Å². The predicted molar refractivity (Wildman–Crippen MR) is 79.2 cm³/mol. The summed E-state index contributed by atoms with van der Waals surface area (Å²) in [7, 11) is 0. The molecule has 2 heterocycles. The van der Waals surface area contributed by atoms with Crippen molar-refractivity contribution in [3.63, 3.8) is 0 Å². The van der Waals surface area contributed by atoms with Gasteiger partial charge in [-0.25, -0.2) is 0 Å². The van der Waals surface area contributed by atoms with Crippen LogP contribution in [0.3, 0.4) is 0 Å². The Hall–Kier alpha value is -0.640. The van der Waals surface area contributed by atoms with Gasteiger partial charge in [0, 0.05) is 24.1 Å². The van der Waals surface area contributed by atoms with Crippen molar-refractivity contribution in [3.05, 3.63) is 22.7 Å². The summed E-state index contributed by atoms with van der Waals surface area (Å²) in [4.78, 5) is 0. The molecule has 5 heteroatoms. The Kier molecular flexibility index (Phi) is 4.29. The lowest BCUT2D eigenvalue weighted by atomic mass is 9.96. The van der Waals surface area contributed by atoms with Crippen LogP contribution in [0.1, 0.15) is 30.7 Å². The minimum Gasteiger partial charge on any atom is -0.490 e. The Morgan fingerprint density at radius 3 is 2.50 bits per heavy atom. The second kappa shape index (κ2) is 6.00. The molecule has 2 aliphatic heterocycles. The van der Waals surface area contributed by atoms with Crippen LogP contribution in [0.4, 0.5) is 0 Å². The number of alkyl halides is 1. The van der Waals surface area contributed by atoms with Gasteiger partial charge in [-0.15, -0.1) is 11.6 Å². The van der Waals surface area contributed by atoms with Crippen LogP contribution in [0.15, 0.2) is 12.1 Å². The second-order valence-corrected chi connectivity index (χ2v) is 6.25. The number of halogens is 2. The SMILES string of the molecule is CC1CCOC1C(Cl)c1cc2c(cc1Cl)OCCCO2. The van der Waals surface area contributed by atoms with Crippen molar-refractivity contribution < 1.29 is 14.2 Å². The Morgan fingerprint density at radius 2 is 1.85 bits per heavy atom. The zero-order valence-corrected chi connectivity index (χ0v) is 12.9. The zero-order chi connectivity index (χ0) is 14.1. The molecule has 1 fully saturated rings. The largest absolute Gasteiger partial charge is 0.490 e. The fourth-order valence-corrected chi connectivity index (χ4v) is 3.51. The van der Waals surface area contributed by atoms with Gasteiger partial charge < -0.3 is 14.2 Å². The first-order valence-electron chi connectivity index (χ1n) is 7.01. The fourth-order valence-electron chi connectivity index (χ4n) is 2.68. The molecule has 20 heavy (non-hydrogen) atoms. The highest BCUT2D eigenvalue weighted by Gasteiger charge is 2.33. The van der Waals surface area contributed by atoms with Gasteiger partial charge in [0.05, 0.1) is 24.7 Å². The van der Waals surface area contributed by atoms with Crippen LogP contribution in [-0.2, 0) is 4.74 Å². The molecule has 0 amide bonds. The molecule has 3 unspecified atom stereocenters. The maximum Gasteiger partial charge on any atom is 0.162 e. The summed E-state index contributed by atoms with van der Waals surface area (Å²) < 4.78 is 17.1. The molecule has 0 saturated carbocycles. The van der Waals surface area contributed by atoms with Crippen molar-refractivity contribution in [2.75, 3.05) is 19.8 Å². The lowest BCUT2D eigenvalue weighted by Crippen LogP contribution is -2.19. The van der Waals surface area contributed by atoms with Crippen molar-refractivity contribution in [2.24, 2.45) is 5.92 Å². The minimum absolute atomic E-state index is 0.00101. The summed E-state index contributed by atoms with van der Waals surface area (Å²) in [5.74, 6) is 1.85. The summed E-state index contributed by atoms with van der Waals surface area (Å²) in [6.45, 7) is 4.22. The van der Waals surface area contributed by atoms with Crippen molar-refractivity contribution in [2.45, 2.75) is 31.2 Å². The van der Waals surface area contributed by atoms with Crippen molar-refractivity contribution in [3.8, 4) is 11.5 Å². The first-order chi connectivity index (χ1) is 9.66. The van der Waals surface area contributed by atoms with Crippen LogP contribution in [0.25, 0.3) is 0 Å². The minimum atomic E-state index is -0.267. The fraction of sp³-hybridized carbons (Fsp3) is 0.600. The van der Waals surface area contributed by atoms with Gasteiger partial charge in [-0.1, -0.05) is 18.5 Å². The number of hydrogen-bond acceptors (Lipinski definition) is 3. The molecule has 0 bridgehead atoms. The molecule has 0 aliphatic carbocycles. The predicted octanol–water partition coefficient (Wildman–Crippen LogP) is 4.21. The molecule has 1 aromatic rings. The molecule has 0 N–H and O–H groups in total. The highest BCUT2D eigenvalue weighted by atomic mass is 35.5. The number of ether oxygens (including phenoxy) is 3. The van der Waals surface area contributed by atoms with E-state index in [9.17, 15) is 0 Å². The van der Waals surface area contributed by atoms with E-state index in [1.165, 1.54) is 0 Å². The summed E-state index contributed by atoms with van der Waals surface area (Å²) in [5.41, 5.74) is 0.858. The third-order valence-corrected chi connectivity index (χ3v) is 4.71. The molecule has 3 rings (SSSR count). The molecule has 110 valence electrons. The van der Waals surface area contributed by atoms with Gasteiger partial charge in [0.25, 0.3) is 0 Å². The number of hydrogen-bond donors (Lipinski definition) is 0. The molecule has 2 aliphatic rings. The molecular formula is C15H18Cl2O3. The zero-order valence-electron chi connectivity index (χ0n) is 11.4. The van der Waals surface area contributed by atoms with E-state index in [1.807, 2.05) is 6.07 Å². The maximum absolute atomic E-state index is 6.59. The molecule has 1 saturated heterocycles. The van der Waals surface area contributed by atoms with Crippen LogP contribution in [0, 0.1) is 5.92 Å². The van der Waals surface area contributed by atoms with Gasteiger partial charge in [-0.2, -0.15) is 0 Å². The monoisotopic (exact) mass is 316 g/mol. The van der Waals surface area contributed by atoms with E-state index >= 15 is 0 Å². The molecule has 1 aromatic carbocycles. The highest BCUT2D eigenvalue weighted by Crippen LogP contribution is 2.43. The van der Waals surface area contributed by atoms with Gasteiger partial charge in [-0.3, -0.25) is 0 Å². The van der Waals surface area contributed by atoms with E-state index in [0.29, 0.717) is 29.9 Å². The van der Waals surface area contributed by atoms with Gasteiger partial charge in [0.15, 0.2) is 11.5 Å². The van der Waals surface area contributed by atoms with E-state index in [0.717, 1.165) is 30.8 Å². The molecule has 3 atom stereocenters. The Labute approximate surface area is 129 Å². The summed E-state index contributed by atoms with van der Waals surface area (Å²) in [6, 6.07) is 3.70. The van der Waals surface area contributed by atoms with Gasteiger partial charge >= 0.3 is 0 Å². The van der Waals surface area contributed by atoms with Crippen molar-refractivity contribution in [1.29, 1.82) is 0 Å². The van der Waals surface area contributed by atoms with Crippen molar-refractivity contribution >= 4 is 23.2 Å². The van der Waals surface area contributed by atoms with E-state index in [2.05, 4.69) is 6.92 Å². The lowest BCUT2D eigenvalue weighted by molar-refractivity contribution is 0.0903. The maximum atomic E-state index is 6.59. The third-order valence-electron chi connectivity index (χ3n) is 3.90. The van der Waals surface area contributed by atoms with E-state index in [1.54, 1.807) is 6.07 Å². The second-order valence-electron chi connectivity index (χ2n) is 5.37. The normalized spacial score (nSPS) is 27.1. The van der Waals surface area contributed by atoms with Gasteiger partial charge in [0.1, 0.15) is 0 Å². The first-order valence-corrected chi connectivity index (χ1v) is 7.83. The number of rotatable bonds is 2. The molecule has 0 aromatic heterocycles. The van der Waals surface area contributed by atoms with Crippen LogP contribution >= 0.6 is 23.2 Å². The Morgan fingerprint density at radius 1 is 1.15 bits per heavy atom. The summed E-state index contributed by atoms with van der Waals surface area (Å²) in [5, 5.41) is 0.342. The quantitative estimate of drug-likeness (QED) is 0.765. The van der Waals surface area contributed by atoms with Gasteiger partial charge in [0.2, 0.25) is 0 Å². The Bertz CT molecular complexity index is 492. The van der Waals surface area contributed by atoms with Crippen LogP contribution in [0.5, 0.6) is 11.5 Å². The van der Waals surface area contributed by atoms with E-state index in [4.69, 9.17) is 37.4 Å². The number of fused-ring (bicyclic) bond motifs is 1. The third kappa shape index (κ3) is 2.72. The summed E-state index contributed by atoms with van der Waals surface area (Å²) >= 11 is 13.0. The van der Waals surface area contributed by atoms with Crippen LogP contribution in [0.2, 0.25) is 5.02 Å². The average Bonchev–Trinajstić information content (AvgIpc) is 2.72. The molecule has 0 radical (unpaired) electrons. The van der Waals surface area contributed by atoms with Gasteiger partial charge in [-0.05, 0) is 24.0 Å². The lowest BCUT2D eigenvalue weighted by Gasteiger charge is -2.22. The molecule has 3 nitrogen and oxygen atoms in total. The molecular weight excluding hydrogens is 299 g/mol. The van der Waals surface area contributed by atoms with Crippen LogP contribution < -0.4 is 9.47 Å². The topological polar surface area (TPSA) is 27.7 Å². The van der Waals surface area contributed by atoms with Crippen LogP contribution in [-0.4, -0.2) is 25.9 Å². The van der Waals surface area contributed by atoms with Crippen molar-refractivity contribution in [1.82, 2.24) is 0 Å². The smallest absolute Gasteiger partial charge is 0.162 e. The highest BCUT2D eigenvalue weighted by molar-refractivity contribution is 6.33. The molecule has 0 spiro atoms. The number of benzene rings is 1.